The second kappa shape index (κ2) is 5.54. The third-order valence-corrected chi connectivity index (χ3v) is 3.97. The topological polar surface area (TPSA) is 54.4 Å². The Bertz CT molecular complexity index is 316. The quantitative estimate of drug-likeness (QED) is 0.350. The van der Waals surface area contributed by atoms with Crippen molar-refractivity contribution < 1.29 is 13.0 Å². The van der Waals surface area contributed by atoms with Crippen molar-refractivity contribution in [3.05, 3.63) is 0 Å². The highest BCUT2D eigenvalue weighted by molar-refractivity contribution is 7.86. The molecule has 1 N–H and O–H groups in total. The van der Waals surface area contributed by atoms with Crippen LogP contribution in [0.5, 0.6) is 0 Å². The van der Waals surface area contributed by atoms with Crippen molar-refractivity contribution in [3.8, 4) is 11.8 Å². The number of rotatable bonds is 4. The van der Waals surface area contributed by atoms with Gasteiger partial charge in [0, 0.05) is 14.5 Å². The van der Waals surface area contributed by atoms with Gasteiger partial charge in [0.05, 0.1) is 0 Å². The molecule has 0 saturated carbocycles. The average molecular weight is 234 g/mol. The minimum absolute atomic E-state index is 0.444. The van der Waals surface area contributed by atoms with Crippen LogP contribution in [0.1, 0.15) is 12.8 Å². The van der Waals surface area contributed by atoms with Crippen molar-refractivity contribution in [1.29, 1.82) is 0 Å². The van der Waals surface area contributed by atoms with Crippen LogP contribution in [0.25, 0.3) is 0 Å². The molecule has 0 radical (unpaired) electrons. The molecule has 0 aliphatic carbocycles. The van der Waals surface area contributed by atoms with Crippen LogP contribution in [-0.2, 0) is 10.1 Å². The molecule has 0 aliphatic heterocycles. The number of hydrogen-bond acceptors (Lipinski definition) is 2. The lowest BCUT2D eigenvalue weighted by Gasteiger charge is -2.13. The molecule has 82 valence electrons. The van der Waals surface area contributed by atoms with E-state index in [9.17, 15) is 8.42 Å². The maximum Gasteiger partial charge on any atom is 0.276 e. The van der Waals surface area contributed by atoms with Gasteiger partial charge in [-0.2, -0.15) is 8.42 Å². The fourth-order valence-corrected chi connectivity index (χ4v) is 2.46. The normalized spacial score (nSPS) is 12.0. The van der Waals surface area contributed by atoms with Gasteiger partial charge in [-0.3, -0.25) is 4.55 Å². The SMILES string of the molecule is C[Si](C)(C)CCCC#CCS(=O)(=O)O. The van der Waals surface area contributed by atoms with E-state index in [0.717, 1.165) is 12.8 Å². The van der Waals surface area contributed by atoms with E-state index in [-0.39, 0.29) is 0 Å². The van der Waals surface area contributed by atoms with Gasteiger partial charge in [-0.05, 0) is 6.42 Å². The summed E-state index contributed by atoms with van der Waals surface area (Å²) in [5.74, 6) is 4.74. The molecule has 0 unspecified atom stereocenters. The fraction of sp³-hybridized carbons (Fsp3) is 0.778. The molecular weight excluding hydrogens is 216 g/mol. The predicted molar refractivity (Wildman–Crippen MR) is 61.6 cm³/mol. The van der Waals surface area contributed by atoms with Crippen molar-refractivity contribution in [1.82, 2.24) is 0 Å². The third-order valence-electron chi connectivity index (χ3n) is 1.61. The van der Waals surface area contributed by atoms with E-state index in [2.05, 4.69) is 31.5 Å². The molecule has 14 heavy (non-hydrogen) atoms. The van der Waals surface area contributed by atoms with E-state index >= 15 is 0 Å². The van der Waals surface area contributed by atoms with Crippen LogP contribution >= 0.6 is 0 Å². The van der Waals surface area contributed by atoms with E-state index < -0.39 is 23.9 Å². The van der Waals surface area contributed by atoms with Crippen molar-refractivity contribution in [2.75, 3.05) is 5.75 Å². The molecule has 5 heteroatoms. The van der Waals surface area contributed by atoms with Gasteiger partial charge in [0.1, 0.15) is 5.75 Å². The van der Waals surface area contributed by atoms with Gasteiger partial charge >= 0.3 is 0 Å². The van der Waals surface area contributed by atoms with Crippen molar-refractivity contribution in [2.45, 2.75) is 38.5 Å². The molecule has 3 nitrogen and oxygen atoms in total. The molecule has 0 aromatic carbocycles. The number of hydrogen-bond donors (Lipinski definition) is 1. The standard InChI is InChI=1S/C9H18O3SSi/c1-14(2,3)9-7-5-4-6-8-13(10,11)12/h5,7-9H2,1-3H3,(H,10,11,12). The first-order chi connectivity index (χ1) is 6.21. The summed E-state index contributed by atoms with van der Waals surface area (Å²) in [5, 5.41) is 0. The van der Waals surface area contributed by atoms with Crippen LogP contribution in [0.15, 0.2) is 0 Å². The highest BCUT2D eigenvalue weighted by Crippen LogP contribution is 2.11. The van der Waals surface area contributed by atoms with Crippen LogP contribution in [-0.4, -0.2) is 26.8 Å². The van der Waals surface area contributed by atoms with Crippen LogP contribution in [0.4, 0.5) is 0 Å². The Morgan fingerprint density at radius 1 is 1.21 bits per heavy atom. The van der Waals surface area contributed by atoms with E-state index in [0.29, 0.717) is 0 Å². The van der Waals surface area contributed by atoms with E-state index in [1.54, 1.807) is 0 Å². The zero-order valence-electron chi connectivity index (χ0n) is 9.00. The largest absolute Gasteiger partial charge is 0.285 e. The second-order valence-corrected chi connectivity index (χ2v) is 11.6. The highest BCUT2D eigenvalue weighted by Gasteiger charge is 2.10. The van der Waals surface area contributed by atoms with Crippen LogP contribution in [0, 0.1) is 11.8 Å². The maximum absolute atomic E-state index is 10.3. The van der Waals surface area contributed by atoms with Crippen molar-refractivity contribution in [2.24, 2.45) is 0 Å². The summed E-state index contributed by atoms with van der Waals surface area (Å²) in [4.78, 5) is 0. The summed E-state index contributed by atoms with van der Waals surface area (Å²) >= 11 is 0. The van der Waals surface area contributed by atoms with Gasteiger partial charge in [-0.1, -0.05) is 31.6 Å². The Balaban J connectivity index is 3.65. The van der Waals surface area contributed by atoms with Gasteiger partial charge in [0.2, 0.25) is 0 Å². The number of unbranched alkanes of at least 4 members (excludes halogenated alkanes) is 1. The molecule has 0 aromatic heterocycles. The van der Waals surface area contributed by atoms with Gasteiger partial charge < -0.3 is 0 Å². The Morgan fingerprint density at radius 3 is 2.21 bits per heavy atom. The van der Waals surface area contributed by atoms with Crippen LogP contribution in [0.2, 0.25) is 25.7 Å². The molecule has 0 heterocycles. The second-order valence-electron chi connectivity index (χ2n) is 4.49. The van der Waals surface area contributed by atoms with Gasteiger partial charge in [0.25, 0.3) is 10.1 Å². The molecule has 0 fully saturated rings. The Morgan fingerprint density at radius 2 is 1.79 bits per heavy atom. The Kier molecular flexibility index (Phi) is 5.42. The summed E-state index contributed by atoms with van der Waals surface area (Å²) in [6.45, 7) is 6.87. The van der Waals surface area contributed by atoms with Crippen LogP contribution in [0.3, 0.4) is 0 Å². The zero-order chi connectivity index (χ0) is 11.2. The summed E-state index contributed by atoms with van der Waals surface area (Å²) in [7, 11) is -4.89. The summed E-state index contributed by atoms with van der Waals surface area (Å²) < 4.78 is 28.9. The highest BCUT2D eigenvalue weighted by atomic mass is 32.2. The summed E-state index contributed by atoms with van der Waals surface area (Å²) in [6, 6.07) is 1.20. The van der Waals surface area contributed by atoms with Crippen molar-refractivity contribution >= 4 is 18.2 Å². The predicted octanol–water partition coefficient (Wildman–Crippen LogP) is 2.00. The first-order valence-corrected chi connectivity index (χ1v) is 9.93. The lowest BCUT2D eigenvalue weighted by atomic mass is 10.3. The van der Waals surface area contributed by atoms with Crippen LogP contribution < -0.4 is 0 Å². The summed E-state index contributed by atoms with van der Waals surface area (Å²) in [5.41, 5.74) is 0. The first-order valence-electron chi connectivity index (χ1n) is 4.62. The molecule has 0 atom stereocenters. The average Bonchev–Trinajstić information content (AvgIpc) is 1.92. The minimum Gasteiger partial charge on any atom is -0.285 e. The Hall–Kier alpha value is -0.313. The molecule has 0 spiro atoms. The minimum atomic E-state index is -3.90. The summed E-state index contributed by atoms with van der Waals surface area (Å²) in [6.07, 6.45) is 1.74. The van der Waals surface area contributed by atoms with Crippen molar-refractivity contribution in [3.63, 3.8) is 0 Å². The van der Waals surface area contributed by atoms with E-state index in [4.69, 9.17) is 4.55 Å². The molecule has 0 saturated heterocycles. The fourth-order valence-electron chi connectivity index (χ4n) is 0.938. The molecule has 0 amide bonds. The Labute approximate surface area is 87.7 Å². The zero-order valence-corrected chi connectivity index (χ0v) is 10.8. The molecule has 0 aromatic rings. The maximum atomic E-state index is 10.3. The molecule has 0 rings (SSSR count). The monoisotopic (exact) mass is 234 g/mol. The third kappa shape index (κ3) is 11.7. The van der Waals surface area contributed by atoms with E-state index in [1.807, 2.05) is 0 Å². The van der Waals surface area contributed by atoms with Gasteiger partial charge in [-0.25, -0.2) is 0 Å². The lowest BCUT2D eigenvalue weighted by Crippen LogP contribution is -2.18. The van der Waals surface area contributed by atoms with Gasteiger partial charge in [0.15, 0.2) is 0 Å². The molecule has 0 aliphatic rings. The molecular formula is C9H18O3SSi. The smallest absolute Gasteiger partial charge is 0.276 e. The lowest BCUT2D eigenvalue weighted by molar-refractivity contribution is 0.487. The van der Waals surface area contributed by atoms with Gasteiger partial charge in [-0.15, -0.1) is 5.92 Å². The first kappa shape index (κ1) is 13.7. The molecule has 0 bridgehead atoms. The van der Waals surface area contributed by atoms with E-state index in [1.165, 1.54) is 6.04 Å².